The summed E-state index contributed by atoms with van der Waals surface area (Å²) in [4.78, 5) is 28.5. The number of esters is 1. The van der Waals surface area contributed by atoms with E-state index in [1.54, 1.807) is 69.7 Å². The van der Waals surface area contributed by atoms with Crippen LogP contribution in [0, 0.1) is 0 Å². The molecule has 0 unspecified atom stereocenters. The molecule has 0 saturated carbocycles. The number of rotatable bonds is 7. The molecule has 144 valence electrons. The Morgan fingerprint density at radius 2 is 1.46 bits per heavy atom. The third kappa shape index (κ3) is 3.76. The first-order valence-electron chi connectivity index (χ1n) is 8.80. The number of aromatic amines is 1. The summed E-state index contributed by atoms with van der Waals surface area (Å²) < 4.78 is 15.5. The van der Waals surface area contributed by atoms with Crippen molar-refractivity contribution in [3.8, 4) is 22.6 Å². The zero-order chi connectivity index (χ0) is 20.1. The molecule has 0 bridgehead atoms. The van der Waals surface area contributed by atoms with Crippen molar-refractivity contribution in [1.29, 1.82) is 0 Å². The van der Waals surface area contributed by atoms with Crippen molar-refractivity contribution in [2.45, 2.75) is 6.92 Å². The van der Waals surface area contributed by atoms with E-state index in [0.29, 0.717) is 39.4 Å². The van der Waals surface area contributed by atoms with Gasteiger partial charge in [-0.25, -0.2) is 4.79 Å². The largest absolute Gasteiger partial charge is 0.497 e. The molecule has 0 aliphatic carbocycles. The molecule has 28 heavy (non-hydrogen) atoms. The van der Waals surface area contributed by atoms with Crippen molar-refractivity contribution in [3.05, 3.63) is 71.5 Å². The lowest BCUT2D eigenvalue weighted by Crippen LogP contribution is -2.07. The molecule has 0 spiro atoms. The molecule has 1 aromatic heterocycles. The van der Waals surface area contributed by atoms with Crippen LogP contribution < -0.4 is 9.47 Å². The van der Waals surface area contributed by atoms with Gasteiger partial charge in [0.05, 0.1) is 32.1 Å². The zero-order valence-corrected chi connectivity index (χ0v) is 15.9. The van der Waals surface area contributed by atoms with Gasteiger partial charge in [0.25, 0.3) is 0 Å². The SMILES string of the molecule is CCOC(=O)c1c[nH]c(C(=O)c2ccc(OC)cc2)c1-c1ccc(OC)cc1. The van der Waals surface area contributed by atoms with E-state index in [1.165, 1.54) is 6.20 Å². The van der Waals surface area contributed by atoms with Crippen LogP contribution in [0.5, 0.6) is 11.5 Å². The monoisotopic (exact) mass is 379 g/mol. The van der Waals surface area contributed by atoms with Crippen LogP contribution in [0.25, 0.3) is 11.1 Å². The van der Waals surface area contributed by atoms with Crippen LogP contribution in [0.3, 0.4) is 0 Å². The van der Waals surface area contributed by atoms with E-state index >= 15 is 0 Å². The summed E-state index contributed by atoms with van der Waals surface area (Å²) in [5, 5.41) is 0. The number of ketones is 1. The summed E-state index contributed by atoms with van der Waals surface area (Å²) in [6, 6.07) is 14.0. The van der Waals surface area contributed by atoms with Crippen LogP contribution in [0.4, 0.5) is 0 Å². The molecule has 0 radical (unpaired) electrons. The predicted octanol–water partition coefficient (Wildman–Crippen LogP) is 4.11. The summed E-state index contributed by atoms with van der Waals surface area (Å²) in [6.45, 7) is 1.98. The zero-order valence-electron chi connectivity index (χ0n) is 15.9. The number of methoxy groups -OCH3 is 2. The molecule has 2 aromatic carbocycles. The number of H-pyrrole nitrogens is 1. The summed E-state index contributed by atoms with van der Waals surface area (Å²) >= 11 is 0. The molecule has 0 fully saturated rings. The number of nitrogens with one attached hydrogen (secondary N) is 1. The Bertz CT molecular complexity index is 971. The van der Waals surface area contributed by atoms with Crippen LogP contribution in [0.15, 0.2) is 54.7 Å². The number of ether oxygens (including phenoxy) is 3. The molecule has 6 nitrogen and oxygen atoms in total. The third-order valence-corrected chi connectivity index (χ3v) is 4.33. The Morgan fingerprint density at radius 1 is 0.893 bits per heavy atom. The van der Waals surface area contributed by atoms with Gasteiger partial charge in [0, 0.05) is 17.3 Å². The minimum atomic E-state index is -0.488. The lowest BCUT2D eigenvalue weighted by Gasteiger charge is -2.09. The third-order valence-electron chi connectivity index (χ3n) is 4.33. The van der Waals surface area contributed by atoms with Crippen LogP contribution in [0.2, 0.25) is 0 Å². The number of carbonyl (C=O) groups excluding carboxylic acids is 2. The van der Waals surface area contributed by atoms with Gasteiger partial charge >= 0.3 is 5.97 Å². The second-order valence-corrected chi connectivity index (χ2v) is 5.96. The number of hydrogen-bond donors (Lipinski definition) is 1. The van der Waals surface area contributed by atoms with Gasteiger partial charge in [-0.15, -0.1) is 0 Å². The normalized spacial score (nSPS) is 10.4. The maximum atomic E-state index is 13.1. The molecule has 0 saturated heterocycles. The van der Waals surface area contributed by atoms with Crippen molar-refractivity contribution in [3.63, 3.8) is 0 Å². The Labute approximate surface area is 163 Å². The summed E-state index contributed by atoms with van der Waals surface area (Å²) in [5.41, 5.74) is 2.32. The van der Waals surface area contributed by atoms with Gasteiger partial charge in [-0.3, -0.25) is 4.79 Å². The van der Waals surface area contributed by atoms with Gasteiger partial charge < -0.3 is 19.2 Å². The Morgan fingerprint density at radius 3 is 2.00 bits per heavy atom. The topological polar surface area (TPSA) is 77.6 Å². The van der Waals surface area contributed by atoms with Crippen molar-refractivity contribution >= 4 is 11.8 Å². The fourth-order valence-corrected chi connectivity index (χ4v) is 2.92. The van der Waals surface area contributed by atoms with Crippen molar-refractivity contribution < 1.29 is 23.8 Å². The summed E-state index contributed by atoms with van der Waals surface area (Å²) in [5.74, 6) is 0.619. The molecule has 3 aromatic rings. The minimum absolute atomic E-state index is 0.232. The predicted molar refractivity (Wildman–Crippen MR) is 105 cm³/mol. The molecule has 1 heterocycles. The Balaban J connectivity index is 2.09. The van der Waals surface area contributed by atoms with Gasteiger partial charge in [-0.2, -0.15) is 0 Å². The average Bonchev–Trinajstić information content (AvgIpc) is 3.18. The first-order valence-corrected chi connectivity index (χ1v) is 8.80. The second-order valence-electron chi connectivity index (χ2n) is 5.96. The molecule has 0 aliphatic heterocycles. The van der Waals surface area contributed by atoms with Gasteiger partial charge in [-0.05, 0) is 48.9 Å². The maximum absolute atomic E-state index is 13.1. The molecule has 1 N–H and O–H groups in total. The lowest BCUT2D eigenvalue weighted by molar-refractivity contribution is 0.0527. The summed E-state index contributed by atoms with van der Waals surface area (Å²) in [7, 11) is 3.14. The van der Waals surface area contributed by atoms with E-state index in [0.717, 1.165) is 0 Å². The molecule has 3 rings (SSSR count). The van der Waals surface area contributed by atoms with Crippen molar-refractivity contribution in [2.24, 2.45) is 0 Å². The lowest BCUT2D eigenvalue weighted by atomic mass is 9.97. The van der Waals surface area contributed by atoms with E-state index < -0.39 is 5.97 Å². The smallest absolute Gasteiger partial charge is 0.340 e. The fourth-order valence-electron chi connectivity index (χ4n) is 2.92. The molecule has 6 heteroatoms. The first-order chi connectivity index (χ1) is 13.6. The highest BCUT2D eigenvalue weighted by Crippen LogP contribution is 2.31. The molecular formula is C22H21NO5. The average molecular weight is 379 g/mol. The van der Waals surface area contributed by atoms with Crippen molar-refractivity contribution in [1.82, 2.24) is 4.98 Å². The maximum Gasteiger partial charge on any atom is 0.340 e. The van der Waals surface area contributed by atoms with Gasteiger partial charge in [-0.1, -0.05) is 12.1 Å². The van der Waals surface area contributed by atoms with Crippen LogP contribution in [-0.4, -0.2) is 37.6 Å². The van der Waals surface area contributed by atoms with E-state index in [1.807, 2.05) is 0 Å². The standard InChI is InChI=1S/C22H21NO5/c1-4-28-22(25)18-13-23-20(19(18)14-5-9-16(26-2)10-6-14)21(24)15-7-11-17(27-3)12-8-15/h5-13,23H,4H2,1-3H3. The summed E-state index contributed by atoms with van der Waals surface area (Å²) in [6.07, 6.45) is 1.51. The number of benzene rings is 2. The van der Waals surface area contributed by atoms with E-state index in [-0.39, 0.29) is 12.4 Å². The highest BCUT2D eigenvalue weighted by atomic mass is 16.5. The highest BCUT2D eigenvalue weighted by molar-refractivity contribution is 6.14. The first kappa shape index (κ1) is 19.2. The van der Waals surface area contributed by atoms with Crippen LogP contribution in [-0.2, 0) is 4.74 Å². The number of carbonyl (C=O) groups is 2. The van der Waals surface area contributed by atoms with E-state index in [2.05, 4.69) is 4.98 Å². The van der Waals surface area contributed by atoms with E-state index in [4.69, 9.17) is 14.2 Å². The second kappa shape index (κ2) is 8.43. The van der Waals surface area contributed by atoms with Crippen LogP contribution in [0.1, 0.15) is 33.3 Å². The van der Waals surface area contributed by atoms with Gasteiger partial charge in [0.2, 0.25) is 5.78 Å². The van der Waals surface area contributed by atoms with Gasteiger partial charge in [0.1, 0.15) is 11.5 Å². The number of hydrogen-bond acceptors (Lipinski definition) is 5. The Hall–Kier alpha value is -3.54. The molecule has 0 amide bonds. The molecular weight excluding hydrogens is 358 g/mol. The van der Waals surface area contributed by atoms with Gasteiger partial charge in [0.15, 0.2) is 0 Å². The highest BCUT2D eigenvalue weighted by Gasteiger charge is 2.24. The Kier molecular flexibility index (Phi) is 5.79. The fraction of sp³-hybridized carbons (Fsp3) is 0.182. The molecule has 0 atom stereocenters. The number of aromatic nitrogens is 1. The van der Waals surface area contributed by atoms with Crippen LogP contribution >= 0.6 is 0 Å². The van der Waals surface area contributed by atoms with Crippen molar-refractivity contribution in [2.75, 3.05) is 20.8 Å². The molecule has 0 aliphatic rings. The quantitative estimate of drug-likeness (QED) is 0.494. The van der Waals surface area contributed by atoms with E-state index in [9.17, 15) is 9.59 Å². The minimum Gasteiger partial charge on any atom is -0.497 e.